The van der Waals surface area contributed by atoms with Crippen LogP contribution in [0.3, 0.4) is 0 Å². The van der Waals surface area contributed by atoms with Crippen LogP contribution in [0.5, 0.6) is 0 Å². The Labute approximate surface area is 118 Å². The molecule has 20 heavy (non-hydrogen) atoms. The first-order valence-electron chi connectivity index (χ1n) is 6.73. The molecule has 2 N–H and O–H groups in total. The van der Waals surface area contributed by atoms with Gasteiger partial charge in [-0.1, -0.05) is 48.6 Å². The van der Waals surface area contributed by atoms with Crippen molar-refractivity contribution in [3.8, 4) is 0 Å². The lowest BCUT2D eigenvalue weighted by Gasteiger charge is -2.22. The molecule has 0 radical (unpaired) electrons. The molecule has 2 aliphatic heterocycles. The first-order valence-corrected chi connectivity index (χ1v) is 6.73. The molecule has 2 heterocycles. The average Bonchev–Trinajstić information content (AvgIpc) is 2.54. The SMILES string of the molecule is C1=Cc2ccccc2NC1=C1C=Cc2ccccc2N1. The van der Waals surface area contributed by atoms with Gasteiger partial charge in [-0.15, -0.1) is 0 Å². The Balaban J connectivity index is 1.73. The van der Waals surface area contributed by atoms with Crippen LogP contribution in [0.1, 0.15) is 11.1 Å². The van der Waals surface area contributed by atoms with Crippen molar-refractivity contribution in [3.05, 3.63) is 83.2 Å². The van der Waals surface area contributed by atoms with Gasteiger partial charge in [0, 0.05) is 11.4 Å². The summed E-state index contributed by atoms with van der Waals surface area (Å²) in [6.45, 7) is 0. The average molecular weight is 258 g/mol. The maximum absolute atomic E-state index is 3.48. The van der Waals surface area contributed by atoms with Crippen molar-refractivity contribution in [2.75, 3.05) is 10.6 Å². The highest BCUT2D eigenvalue weighted by Gasteiger charge is 2.12. The molecular weight excluding hydrogens is 244 g/mol. The number of fused-ring (bicyclic) bond motifs is 2. The number of allylic oxidation sites excluding steroid dienone is 2. The Hall–Kier alpha value is -2.74. The normalized spacial score (nSPS) is 18.8. The van der Waals surface area contributed by atoms with Gasteiger partial charge in [0.2, 0.25) is 0 Å². The number of hydrogen-bond donors (Lipinski definition) is 2. The summed E-state index contributed by atoms with van der Waals surface area (Å²) in [5.74, 6) is 0. The molecule has 2 heteroatoms. The van der Waals surface area contributed by atoms with Crippen molar-refractivity contribution in [1.29, 1.82) is 0 Å². The number of para-hydroxylation sites is 2. The molecule has 0 unspecified atom stereocenters. The van der Waals surface area contributed by atoms with Crippen LogP contribution in [0.4, 0.5) is 11.4 Å². The van der Waals surface area contributed by atoms with Gasteiger partial charge in [0.25, 0.3) is 0 Å². The molecule has 0 aromatic heterocycles. The summed E-state index contributed by atoms with van der Waals surface area (Å²) in [7, 11) is 0. The fraction of sp³-hybridized carbons (Fsp3) is 0. The molecule has 2 nitrogen and oxygen atoms in total. The van der Waals surface area contributed by atoms with Gasteiger partial charge < -0.3 is 10.6 Å². The number of anilines is 2. The van der Waals surface area contributed by atoms with E-state index in [1.54, 1.807) is 0 Å². The number of hydrogen-bond acceptors (Lipinski definition) is 2. The Morgan fingerprint density at radius 1 is 0.500 bits per heavy atom. The second-order valence-electron chi connectivity index (χ2n) is 4.92. The van der Waals surface area contributed by atoms with Crippen molar-refractivity contribution in [2.45, 2.75) is 0 Å². The van der Waals surface area contributed by atoms with Gasteiger partial charge in [-0.25, -0.2) is 0 Å². The second kappa shape index (κ2) is 4.42. The van der Waals surface area contributed by atoms with E-state index in [-0.39, 0.29) is 0 Å². The van der Waals surface area contributed by atoms with Crippen LogP contribution in [0.25, 0.3) is 12.2 Å². The second-order valence-corrected chi connectivity index (χ2v) is 4.92. The summed E-state index contributed by atoms with van der Waals surface area (Å²) >= 11 is 0. The van der Waals surface area contributed by atoms with Gasteiger partial charge in [-0.3, -0.25) is 0 Å². The van der Waals surface area contributed by atoms with E-state index in [1.807, 2.05) is 12.1 Å². The number of rotatable bonds is 0. The summed E-state index contributed by atoms with van der Waals surface area (Å²) in [5.41, 5.74) is 6.91. The molecule has 0 amide bonds. The molecule has 0 saturated carbocycles. The summed E-state index contributed by atoms with van der Waals surface area (Å²) in [4.78, 5) is 0. The maximum atomic E-state index is 3.48. The summed E-state index contributed by atoms with van der Waals surface area (Å²) < 4.78 is 0. The van der Waals surface area contributed by atoms with Crippen LogP contribution >= 0.6 is 0 Å². The fourth-order valence-electron chi connectivity index (χ4n) is 2.55. The third kappa shape index (κ3) is 1.82. The van der Waals surface area contributed by atoms with E-state index < -0.39 is 0 Å². The zero-order valence-corrected chi connectivity index (χ0v) is 10.9. The van der Waals surface area contributed by atoms with E-state index in [0.29, 0.717) is 0 Å². The van der Waals surface area contributed by atoms with Crippen molar-refractivity contribution in [3.63, 3.8) is 0 Å². The standard InChI is InChI=1S/C18H14N2/c1-3-7-15-13(5-1)9-11-17(19-15)18-12-10-14-6-2-4-8-16(14)20-18/h1-12,19-20H. The lowest BCUT2D eigenvalue weighted by atomic mass is 10.0. The Morgan fingerprint density at radius 3 is 1.45 bits per heavy atom. The molecule has 0 spiro atoms. The molecular formula is C18H14N2. The maximum Gasteiger partial charge on any atom is 0.0623 e. The third-order valence-corrected chi connectivity index (χ3v) is 3.61. The lowest BCUT2D eigenvalue weighted by Crippen LogP contribution is -2.12. The van der Waals surface area contributed by atoms with Gasteiger partial charge in [-0.2, -0.15) is 0 Å². The van der Waals surface area contributed by atoms with Crippen molar-refractivity contribution in [1.82, 2.24) is 0 Å². The molecule has 0 aliphatic carbocycles. The summed E-state index contributed by atoms with van der Waals surface area (Å²) in [6, 6.07) is 16.6. The largest absolute Gasteiger partial charge is 0.353 e. The highest BCUT2D eigenvalue weighted by molar-refractivity contribution is 5.80. The van der Waals surface area contributed by atoms with Crippen molar-refractivity contribution in [2.24, 2.45) is 0 Å². The topological polar surface area (TPSA) is 24.1 Å². The van der Waals surface area contributed by atoms with Crippen LogP contribution in [0.15, 0.2) is 72.1 Å². The smallest absolute Gasteiger partial charge is 0.0623 e. The van der Waals surface area contributed by atoms with Crippen LogP contribution < -0.4 is 10.6 Å². The molecule has 0 saturated heterocycles. The van der Waals surface area contributed by atoms with Gasteiger partial charge in [0.05, 0.1) is 11.4 Å². The van der Waals surface area contributed by atoms with Crippen molar-refractivity contribution >= 4 is 23.5 Å². The molecule has 4 rings (SSSR count). The third-order valence-electron chi connectivity index (χ3n) is 3.61. The zero-order valence-electron chi connectivity index (χ0n) is 10.9. The quantitative estimate of drug-likeness (QED) is 0.728. The zero-order chi connectivity index (χ0) is 13.4. The van der Waals surface area contributed by atoms with E-state index in [9.17, 15) is 0 Å². The van der Waals surface area contributed by atoms with Crippen LogP contribution in [0, 0.1) is 0 Å². The predicted octanol–water partition coefficient (Wildman–Crippen LogP) is 4.48. The first kappa shape index (κ1) is 11.1. The van der Waals surface area contributed by atoms with Crippen molar-refractivity contribution < 1.29 is 0 Å². The van der Waals surface area contributed by atoms with Crippen LogP contribution in [-0.4, -0.2) is 0 Å². The Bertz CT molecular complexity index is 701. The molecule has 2 aliphatic rings. The minimum atomic E-state index is 1.09. The van der Waals surface area contributed by atoms with E-state index in [2.05, 4.69) is 71.3 Å². The first-order chi connectivity index (χ1) is 9.90. The highest BCUT2D eigenvalue weighted by Crippen LogP contribution is 2.29. The minimum absolute atomic E-state index is 1.09. The number of nitrogens with one attached hydrogen (secondary N) is 2. The van der Waals surface area contributed by atoms with Gasteiger partial charge >= 0.3 is 0 Å². The van der Waals surface area contributed by atoms with E-state index in [0.717, 1.165) is 22.8 Å². The number of benzene rings is 2. The van der Waals surface area contributed by atoms with Gasteiger partial charge in [-0.05, 0) is 35.4 Å². The fourth-order valence-corrected chi connectivity index (χ4v) is 2.55. The van der Waals surface area contributed by atoms with E-state index in [4.69, 9.17) is 0 Å². The van der Waals surface area contributed by atoms with E-state index >= 15 is 0 Å². The van der Waals surface area contributed by atoms with Crippen LogP contribution in [0.2, 0.25) is 0 Å². The van der Waals surface area contributed by atoms with Gasteiger partial charge in [0.15, 0.2) is 0 Å². The highest BCUT2D eigenvalue weighted by atomic mass is 15.0. The Kier molecular flexibility index (Phi) is 2.46. The summed E-state index contributed by atoms with van der Waals surface area (Å²) in [6.07, 6.45) is 8.51. The molecule has 0 bridgehead atoms. The Morgan fingerprint density at radius 2 is 0.950 bits per heavy atom. The summed E-state index contributed by atoms with van der Waals surface area (Å²) in [5, 5.41) is 6.95. The minimum Gasteiger partial charge on any atom is -0.353 e. The van der Waals surface area contributed by atoms with Gasteiger partial charge in [0.1, 0.15) is 0 Å². The van der Waals surface area contributed by atoms with Crippen LogP contribution in [-0.2, 0) is 0 Å². The molecule has 0 atom stereocenters. The molecule has 96 valence electrons. The molecule has 0 fully saturated rings. The lowest BCUT2D eigenvalue weighted by molar-refractivity contribution is 1.33. The monoisotopic (exact) mass is 258 g/mol. The van der Waals surface area contributed by atoms with E-state index in [1.165, 1.54) is 11.1 Å². The molecule has 2 aromatic rings. The molecule has 2 aromatic carbocycles. The predicted molar refractivity (Wildman–Crippen MR) is 85.2 cm³/mol.